The van der Waals surface area contributed by atoms with Crippen LogP contribution in [-0.2, 0) is 4.79 Å². The van der Waals surface area contributed by atoms with E-state index in [1.54, 1.807) is 24.4 Å². The van der Waals surface area contributed by atoms with E-state index < -0.39 is 0 Å². The van der Waals surface area contributed by atoms with Crippen molar-refractivity contribution in [1.82, 2.24) is 19.7 Å². The summed E-state index contributed by atoms with van der Waals surface area (Å²) in [4.78, 5) is 18.4. The molecule has 0 aliphatic carbocycles. The van der Waals surface area contributed by atoms with Crippen molar-refractivity contribution in [2.75, 3.05) is 13.1 Å². The molecule has 0 saturated carbocycles. The van der Waals surface area contributed by atoms with Gasteiger partial charge in [-0.2, -0.15) is 5.10 Å². The van der Waals surface area contributed by atoms with Crippen molar-refractivity contribution in [3.63, 3.8) is 0 Å². The number of fused-ring (bicyclic) bond motifs is 1. The molecule has 0 spiro atoms. The number of aromatic nitrogens is 3. The second-order valence-electron chi connectivity index (χ2n) is 8.15. The van der Waals surface area contributed by atoms with Gasteiger partial charge in [0.2, 0.25) is 5.91 Å². The molecule has 0 N–H and O–H groups in total. The average molecular weight is 493 g/mol. The van der Waals surface area contributed by atoms with Crippen LogP contribution in [0.15, 0.2) is 73.6 Å². The first-order valence-electron chi connectivity index (χ1n) is 11.0. The number of ether oxygens (including phenoxy) is 1. The highest BCUT2D eigenvalue weighted by molar-refractivity contribution is 6.42. The highest BCUT2D eigenvalue weighted by atomic mass is 35.5. The lowest BCUT2D eigenvalue weighted by molar-refractivity contribution is -0.127. The van der Waals surface area contributed by atoms with Gasteiger partial charge in [-0.15, -0.1) is 0 Å². The highest BCUT2D eigenvalue weighted by Gasteiger charge is 2.27. The zero-order valence-corrected chi connectivity index (χ0v) is 19.8. The van der Waals surface area contributed by atoms with E-state index in [0.29, 0.717) is 28.1 Å². The van der Waals surface area contributed by atoms with Crippen LogP contribution in [-0.4, -0.2) is 38.7 Å². The topological polar surface area (TPSA) is 60.2 Å². The quantitative estimate of drug-likeness (QED) is 0.296. The van der Waals surface area contributed by atoms with Gasteiger partial charge < -0.3 is 9.64 Å². The van der Waals surface area contributed by atoms with Crippen molar-refractivity contribution in [2.45, 2.75) is 18.9 Å². The molecule has 1 saturated heterocycles. The van der Waals surface area contributed by atoms with Gasteiger partial charge in [-0.3, -0.25) is 14.5 Å². The van der Waals surface area contributed by atoms with Gasteiger partial charge in [0, 0.05) is 36.4 Å². The van der Waals surface area contributed by atoms with E-state index >= 15 is 0 Å². The molecule has 6 nitrogen and oxygen atoms in total. The monoisotopic (exact) mass is 492 g/mol. The van der Waals surface area contributed by atoms with Gasteiger partial charge in [0.25, 0.3) is 0 Å². The number of piperidine rings is 1. The van der Waals surface area contributed by atoms with Gasteiger partial charge >= 0.3 is 0 Å². The largest absolute Gasteiger partial charge is 0.456 e. The fourth-order valence-electron chi connectivity index (χ4n) is 4.35. The van der Waals surface area contributed by atoms with Gasteiger partial charge in [0.05, 0.1) is 22.3 Å². The molecule has 34 heavy (non-hydrogen) atoms. The summed E-state index contributed by atoms with van der Waals surface area (Å²) >= 11 is 12.4. The maximum atomic E-state index is 12.2. The number of carbonyl (C=O) groups is 1. The third-order valence-corrected chi connectivity index (χ3v) is 6.80. The van der Waals surface area contributed by atoms with E-state index in [0.717, 1.165) is 41.5 Å². The van der Waals surface area contributed by atoms with Gasteiger partial charge in [-0.25, -0.2) is 0 Å². The molecule has 3 heterocycles. The number of likely N-dealkylation sites (tertiary alicyclic amines) is 1. The first kappa shape index (κ1) is 22.4. The number of hydrogen-bond acceptors (Lipinski definition) is 4. The molecule has 2 aromatic heterocycles. The van der Waals surface area contributed by atoms with Crippen molar-refractivity contribution in [2.24, 2.45) is 0 Å². The molecule has 5 rings (SSSR count). The maximum absolute atomic E-state index is 12.2. The number of pyridine rings is 1. The molecule has 1 aliphatic rings. The first-order valence-corrected chi connectivity index (χ1v) is 11.8. The van der Waals surface area contributed by atoms with E-state index in [2.05, 4.69) is 11.6 Å². The van der Waals surface area contributed by atoms with Crippen LogP contribution in [0.5, 0.6) is 11.5 Å². The zero-order valence-electron chi connectivity index (χ0n) is 18.3. The van der Waals surface area contributed by atoms with Crippen LogP contribution in [0.1, 0.15) is 18.9 Å². The second kappa shape index (κ2) is 9.49. The van der Waals surface area contributed by atoms with Gasteiger partial charge in [0.15, 0.2) is 0 Å². The first-order chi connectivity index (χ1) is 16.5. The Balaban J connectivity index is 1.50. The van der Waals surface area contributed by atoms with Gasteiger partial charge in [-0.05, 0) is 61.4 Å². The van der Waals surface area contributed by atoms with E-state index in [1.807, 2.05) is 46.1 Å². The number of hydrogen-bond donors (Lipinski definition) is 0. The summed E-state index contributed by atoms with van der Waals surface area (Å²) in [5.74, 6) is 1.09. The lowest BCUT2D eigenvalue weighted by Crippen LogP contribution is -2.40. The van der Waals surface area contributed by atoms with Crippen LogP contribution in [0.25, 0.3) is 22.2 Å². The van der Waals surface area contributed by atoms with Gasteiger partial charge in [-0.1, -0.05) is 35.8 Å². The smallest absolute Gasteiger partial charge is 0.246 e. The summed E-state index contributed by atoms with van der Waals surface area (Å²) in [6, 6.07) is 15.0. The normalized spacial score (nSPS) is 15.9. The van der Waals surface area contributed by atoms with Crippen LogP contribution < -0.4 is 4.74 Å². The average Bonchev–Trinajstić information content (AvgIpc) is 3.26. The van der Waals surface area contributed by atoms with Gasteiger partial charge in [0.1, 0.15) is 16.5 Å². The zero-order chi connectivity index (χ0) is 23.7. The highest BCUT2D eigenvalue weighted by Crippen LogP contribution is 2.37. The summed E-state index contributed by atoms with van der Waals surface area (Å²) in [6.45, 7) is 4.96. The van der Waals surface area contributed by atoms with E-state index in [9.17, 15) is 4.79 Å². The predicted octanol–water partition coefficient (Wildman–Crippen LogP) is 6.55. The Kier molecular flexibility index (Phi) is 6.26. The molecule has 1 fully saturated rings. The maximum Gasteiger partial charge on any atom is 0.246 e. The third kappa shape index (κ3) is 4.27. The van der Waals surface area contributed by atoms with Crippen LogP contribution in [0, 0.1) is 0 Å². The molecule has 1 aliphatic heterocycles. The standard InChI is InChI=1S/C26H22Cl2N4O2/c1-2-24(33)31-14-4-5-18(16-31)32-26(20-15-29-13-12-22(20)30-32)17-8-10-19(11-9-17)34-23-7-3-6-21(27)25(23)28/h2-3,6-13,15,18H,1,4-5,14,16H2/t18-/m0/s1. The van der Waals surface area contributed by atoms with E-state index in [1.165, 1.54) is 6.08 Å². The number of rotatable bonds is 5. The Morgan fingerprint density at radius 3 is 2.76 bits per heavy atom. The Morgan fingerprint density at radius 2 is 1.97 bits per heavy atom. The van der Waals surface area contributed by atoms with Crippen LogP contribution >= 0.6 is 23.2 Å². The molecule has 172 valence electrons. The Labute approximate surface area is 207 Å². The minimum atomic E-state index is -0.0502. The molecule has 1 atom stereocenters. The number of benzene rings is 2. The van der Waals surface area contributed by atoms with E-state index in [-0.39, 0.29) is 11.9 Å². The summed E-state index contributed by atoms with van der Waals surface area (Å²) < 4.78 is 7.98. The van der Waals surface area contributed by atoms with Crippen molar-refractivity contribution >= 4 is 40.0 Å². The molecule has 2 aromatic carbocycles. The lowest BCUT2D eigenvalue weighted by atomic mass is 10.0. The molecular weight excluding hydrogens is 471 g/mol. The molecule has 4 aromatic rings. The Bertz CT molecular complexity index is 1370. The molecule has 0 radical (unpaired) electrons. The number of nitrogens with zero attached hydrogens (tertiary/aromatic N) is 4. The van der Waals surface area contributed by atoms with E-state index in [4.69, 9.17) is 33.0 Å². The third-order valence-electron chi connectivity index (χ3n) is 6.00. The van der Waals surface area contributed by atoms with Crippen molar-refractivity contribution < 1.29 is 9.53 Å². The minimum Gasteiger partial charge on any atom is -0.456 e. The summed E-state index contributed by atoms with van der Waals surface area (Å²) in [7, 11) is 0. The summed E-state index contributed by atoms with van der Waals surface area (Å²) in [5, 5.41) is 6.67. The van der Waals surface area contributed by atoms with Crippen molar-refractivity contribution in [3.8, 4) is 22.8 Å². The summed E-state index contributed by atoms with van der Waals surface area (Å²) in [5.41, 5.74) is 2.81. The molecule has 0 unspecified atom stereocenters. The SMILES string of the molecule is C=CC(=O)N1CCC[C@H](n2nc3ccncc3c2-c2ccc(Oc3cccc(Cl)c3Cl)cc2)C1. The minimum absolute atomic E-state index is 0.0502. The number of amides is 1. The van der Waals surface area contributed by atoms with Crippen LogP contribution in [0.4, 0.5) is 0 Å². The number of halogens is 2. The predicted molar refractivity (Wildman–Crippen MR) is 135 cm³/mol. The Morgan fingerprint density at radius 1 is 1.15 bits per heavy atom. The van der Waals surface area contributed by atoms with Crippen molar-refractivity contribution in [1.29, 1.82) is 0 Å². The Hall–Kier alpha value is -3.35. The number of carbonyl (C=O) groups excluding carboxylic acids is 1. The fraction of sp³-hybridized carbons (Fsp3) is 0.192. The second-order valence-corrected chi connectivity index (χ2v) is 8.93. The molecule has 8 heteroatoms. The fourth-order valence-corrected chi connectivity index (χ4v) is 4.68. The van der Waals surface area contributed by atoms with Crippen molar-refractivity contribution in [3.05, 3.63) is 83.6 Å². The van der Waals surface area contributed by atoms with Crippen LogP contribution in [0.2, 0.25) is 10.0 Å². The molecule has 1 amide bonds. The van der Waals surface area contributed by atoms with Crippen LogP contribution in [0.3, 0.4) is 0 Å². The lowest BCUT2D eigenvalue weighted by Gasteiger charge is -2.33. The molecular formula is C26H22Cl2N4O2. The summed E-state index contributed by atoms with van der Waals surface area (Å²) in [6.07, 6.45) is 6.79. The molecule has 0 bridgehead atoms.